The highest BCUT2D eigenvalue weighted by atomic mass is 16.2. The maximum Gasteiger partial charge on any atom is 0.240 e. The standard InChI is InChI=1S/C16H27N3O2/c1-12(2)6-7-14(20)18-10-15(21)19-16(11-17)8-4-5-13(3)9-16/h12-13H,4-10H2,1-3H3,(H,18,20)(H,19,21)/t13-,16-/m0/s1. The van der Waals surface area contributed by atoms with Crippen molar-refractivity contribution in [2.24, 2.45) is 11.8 Å². The third kappa shape index (κ3) is 6.16. The van der Waals surface area contributed by atoms with Crippen molar-refractivity contribution < 1.29 is 9.59 Å². The molecule has 1 aliphatic carbocycles. The molecule has 5 nitrogen and oxygen atoms in total. The second kappa shape index (κ2) is 8.02. The summed E-state index contributed by atoms with van der Waals surface area (Å²) in [6.07, 6.45) is 4.69. The van der Waals surface area contributed by atoms with Gasteiger partial charge in [0, 0.05) is 6.42 Å². The molecule has 2 N–H and O–H groups in total. The number of carbonyl (C=O) groups excluding carboxylic acids is 2. The van der Waals surface area contributed by atoms with E-state index in [4.69, 9.17) is 0 Å². The molecule has 1 aliphatic rings. The van der Waals surface area contributed by atoms with E-state index in [2.05, 4.69) is 37.5 Å². The first kappa shape index (κ1) is 17.5. The van der Waals surface area contributed by atoms with Crippen molar-refractivity contribution in [2.75, 3.05) is 6.54 Å². The minimum atomic E-state index is -0.753. The van der Waals surface area contributed by atoms with E-state index in [1.807, 2.05) is 0 Å². The lowest BCUT2D eigenvalue weighted by Gasteiger charge is -2.35. The maximum absolute atomic E-state index is 11.9. The van der Waals surface area contributed by atoms with Crippen LogP contribution in [-0.2, 0) is 9.59 Å². The number of nitrogens with zero attached hydrogens (tertiary/aromatic N) is 1. The molecule has 0 saturated heterocycles. The molecule has 0 unspecified atom stereocenters. The predicted molar refractivity (Wildman–Crippen MR) is 81.2 cm³/mol. The lowest BCUT2D eigenvalue weighted by Crippen LogP contribution is -2.52. The second-order valence-electron chi connectivity index (χ2n) is 6.65. The van der Waals surface area contributed by atoms with Crippen LogP contribution in [0.1, 0.15) is 59.3 Å². The molecule has 118 valence electrons. The molecule has 0 aliphatic heterocycles. The van der Waals surface area contributed by atoms with Gasteiger partial charge in [-0.15, -0.1) is 0 Å². The number of nitrogens with one attached hydrogen (secondary N) is 2. The fraction of sp³-hybridized carbons (Fsp3) is 0.812. The summed E-state index contributed by atoms with van der Waals surface area (Å²) in [4.78, 5) is 23.5. The number of rotatable bonds is 6. The van der Waals surface area contributed by atoms with E-state index >= 15 is 0 Å². The Bertz CT molecular complexity index is 414. The zero-order chi connectivity index (χ0) is 15.9. The van der Waals surface area contributed by atoms with E-state index < -0.39 is 5.54 Å². The van der Waals surface area contributed by atoms with Crippen LogP contribution < -0.4 is 10.6 Å². The largest absolute Gasteiger partial charge is 0.347 e. The molecule has 0 aromatic heterocycles. The first-order valence-electron chi connectivity index (χ1n) is 7.86. The molecule has 0 radical (unpaired) electrons. The summed E-state index contributed by atoms with van der Waals surface area (Å²) >= 11 is 0. The Balaban J connectivity index is 2.38. The molecule has 2 amide bonds. The minimum Gasteiger partial charge on any atom is -0.347 e. The van der Waals surface area contributed by atoms with Gasteiger partial charge in [-0.25, -0.2) is 0 Å². The van der Waals surface area contributed by atoms with E-state index in [-0.39, 0.29) is 18.4 Å². The highest BCUT2D eigenvalue weighted by molar-refractivity contribution is 5.85. The van der Waals surface area contributed by atoms with Gasteiger partial charge in [0.15, 0.2) is 0 Å². The van der Waals surface area contributed by atoms with Gasteiger partial charge in [-0.05, 0) is 37.5 Å². The molecule has 0 aromatic rings. The van der Waals surface area contributed by atoms with Crippen molar-refractivity contribution in [2.45, 2.75) is 64.8 Å². The monoisotopic (exact) mass is 293 g/mol. The van der Waals surface area contributed by atoms with Gasteiger partial charge in [0.25, 0.3) is 0 Å². The Morgan fingerprint density at radius 1 is 1.38 bits per heavy atom. The Morgan fingerprint density at radius 2 is 2.10 bits per heavy atom. The Labute approximate surface area is 127 Å². The van der Waals surface area contributed by atoms with Crippen molar-refractivity contribution in [3.63, 3.8) is 0 Å². The van der Waals surface area contributed by atoms with Gasteiger partial charge in [0.05, 0.1) is 12.6 Å². The Hall–Kier alpha value is -1.57. The molecule has 5 heteroatoms. The smallest absolute Gasteiger partial charge is 0.240 e. The normalized spacial score (nSPS) is 25.2. The van der Waals surface area contributed by atoms with Gasteiger partial charge in [-0.3, -0.25) is 9.59 Å². The van der Waals surface area contributed by atoms with Crippen LogP contribution in [0.3, 0.4) is 0 Å². The average molecular weight is 293 g/mol. The van der Waals surface area contributed by atoms with Crippen molar-refractivity contribution >= 4 is 11.8 Å². The fourth-order valence-corrected chi connectivity index (χ4v) is 2.79. The van der Waals surface area contributed by atoms with Crippen molar-refractivity contribution in [3.05, 3.63) is 0 Å². The van der Waals surface area contributed by atoms with Crippen LogP contribution in [0.25, 0.3) is 0 Å². The highest BCUT2D eigenvalue weighted by Crippen LogP contribution is 2.31. The molecule has 1 rings (SSSR count). The van der Waals surface area contributed by atoms with E-state index in [9.17, 15) is 14.9 Å². The molecular weight excluding hydrogens is 266 g/mol. The third-order valence-electron chi connectivity index (χ3n) is 3.98. The van der Waals surface area contributed by atoms with Crippen molar-refractivity contribution in [1.29, 1.82) is 5.26 Å². The summed E-state index contributed by atoms with van der Waals surface area (Å²) < 4.78 is 0. The molecular formula is C16H27N3O2. The maximum atomic E-state index is 11.9. The van der Waals surface area contributed by atoms with Crippen LogP contribution in [0.4, 0.5) is 0 Å². The number of amides is 2. The van der Waals surface area contributed by atoms with Crippen LogP contribution in [-0.4, -0.2) is 23.9 Å². The zero-order valence-electron chi connectivity index (χ0n) is 13.4. The Kier molecular flexibility index (Phi) is 6.67. The first-order valence-corrected chi connectivity index (χ1v) is 7.86. The Morgan fingerprint density at radius 3 is 2.67 bits per heavy atom. The van der Waals surface area contributed by atoms with Crippen LogP contribution in [0.2, 0.25) is 0 Å². The molecule has 0 spiro atoms. The van der Waals surface area contributed by atoms with Gasteiger partial charge < -0.3 is 10.6 Å². The van der Waals surface area contributed by atoms with Crippen molar-refractivity contribution in [1.82, 2.24) is 10.6 Å². The molecule has 0 aromatic carbocycles. The quantitative estimate of drug-likeness (QED) is 0.787. The summed E-state index contributed by atoms with van der Waals surface area (Å²) in [6.45, 7) is 6.17. The van der Waals surface area contributed by atoms with Gasteiger partial charge in [0.2, 0.25) is 11.8 Å². The van der Waals surface area contributed by atoms with Crippen molar-refractivity contribution in [3.8, 4) is 6.07 Å². The summed E-state index contributed by atoms with van der Waals surface area (Å²) in [6, 6.07) is 2.26. The summed E-state index contributed by atoms with van der Waals surface area (Å²) in [5, 5.41) is 14.8. The molecule has 1 saturated carbocycles. The van der Waals surface area contributed by atoms with E-state index in [1.165, 1.54) is 0 Å². The van der Waals surface area contributed by atoms with Gasteiger partial charge in [-0.1, -0.05) is 27.2 Å². The first-order chi connectivity index (χ1) is 9.87. The van der Waals surface area contributed by atoms with Crippen LogP contribution in [0.5, 0.6) is 0 Å². The molecule has 2 atom stereocenters. The molecule has 21 heavy (non-hydrogen) atoms. The van der Waals surface area contributed by atoms with Crippen LogP contribution in [0, 0.1) is 23.2 Å². The second-order valence-corrected chi connectivity index (χ2v) is 6.65. The summed E-state index contributed by atoms with van der Waals surface area (Å²) in [5.74, 6) is 0.528. The zero-order valence-corrected chi connectivity index (χ0v) is 13.4. The SMILES string of the molecule is CC(C)CCC(=O)NCC(=O)N[C@@]1(C#N)CCC[C@H](C)C1. The lowest BCUT2D eigenvalue weighted by atomic mass is 9.77. The molecule has 1 fully saturated rings. The van der Waals surface area contributed by atoms with Crippen LogP contribution in [0.15, 0.2) is 0 Å². The van der Waals surface area contributed by atoms with Gasteiger partial charge in [-0.2, -0.15) is 5.26 Å². The van der Waals surface area contributed by atoms with E-state index in [0.29, 0.717) is 31.1 Å². The number of hydrogen-bond acceptors (Lipinski definition) is 3. The van der Waals surface area contributed by atoms with Crippen LogP contribution >= 0.6 is 0 Å². The average Bonchev–Trinajstić information content (AvgIpc) is 2.43. The highest BCUT2D eigenvalue weighted by Gasteiger charge is 2.36. The van der Waals surface area contributed by atoms with E-state index in [0.717, 1.165) is 19.3 Å². The predicted octanol–water partition coefficient (Wildman–Crippen LogP) is 2.13. The van der Waals surface area contributed by atoms with Gasteiger partial charge >= 0.3 is 0 Å². The third-order valence-corrected chi connectivity index (χ3v) is 3.98. The summed E-state index contributed by atoms with van der Waals surface area (Å²) in [7, 11) is 0. The van der Waals surface area contributed by atoms with Gasteiger partial charge in [0.1, 0.15) is 5.54 Å². The summed E-state index contributed by atoms with van der Waals surface area (Å²) in [5.41, 5.74) is -0.753. The molecule has 0 bridgehead atoms. The molecule has 0 heterocycles. The fourth-order valence-electron chi connectivity index (χ4n) is 2.79. The minimum absolute atomic E-state index is 0.0469. The number of carbonyl (C=O) groups is 2. The lowest BCUT2D eigenvalue weighted by molar-refractivity contribution is -0.127. The number of nitriles is 1. The number of hydrogen-bond donors (Lipinski definition) is 2. The van der Waals surface area contributed by atoms with E-state index in [1.54, 1.807) is 0 Å². The topological polar surface area (TPSA) is 82.0 Å².